The van der Waals surface area contributed by atoms with Crippen LogP contribution in [-0.2, 0) is 0 Å². The summed E-state index contributed by atoms with van der Waals surface area (Å²) >= 11 is 0. The fourth-order valence-electron chi connectivity index (χ4n) is 2.06. The van der Waals surface area contributed by atoms with Gasteiger partial charge in [0.05, 0.1) is 18.4 Å². The standard InChI is InChI=1S/C15H11F4N3O/c16-9-1-2-11(17)13(5-9)23-10-6-12(21-7-14(18)19)15-20-3-4-22(15)8-10/h1-6,8,14,21H,7H2. The predicted molar refractivity (Wildman–Crippen MR) is 76.1 cm³/mol. The highest BCUT2D eigenvalue weighted by Crippen LogP contribution is 2.29. The first-order valence-corrected chi connectivity index (χ1v) is 6.64. The minimum Gasteiger partial charge on any atom is -0.453 e. The lowest BCUT2D eigenvalue weighted by molar-refractivity contribution is 0.163. The summed E-state index contributed by atoms with van der Waals surface area (Å²) in [7, 11) is 0. The van der Waals surface area contributed by atoms with E-state index in [1.165, 1.54) is 22.9 Å². The quantitative estimate of drug-likeness (QED) is 0.718. The summed E-state index contributed by atoms with van der Waals surface area (Å²) in [5.74, 6) is -1.54. The van der Waals surface area contributed by atoms with Crippen molar-refractivity contribution >= 4 is 11.3 Å². The van der Waals surface area contributed by atoms with Crippen molar-refractivity contribution < 1.29 is 22.3 Å². The van der Waals surface area contributed by atoms with E-state index in [-0.39, 0.29) is 11.5 Å². The van der Waals surface area contributed by atoms with Crippen LogP contribution in [0.1, 0.15) is 0 Å². The van der Waals surface area contributed by atoms with Gasteiger partial charge in [-0.25, -0.2) is 22.5 Å². The maximum atomic E-state index is 13.6. The number of fused-ring (bicyclic) bond motifs is 1. The molecule has 3 aromatic rings. The first kappa shape index (κ1) is 15.1. The summed E-state index contributed by atoms with van der Waals surface area (Å²) in [6, 6.07) is 4.21. The van der Waals surface area contributed by atoms with E-state index < -0.39 is 24.6 Å². The van der Waals surface area contributed by atoms with Crippen molar-refractivity contribution in [3.63, 3.8) is 0 Å². The van der Waals surface area contributed by atoms with Crippen molar-refractivity contribution in [3.8, 4) is 11.5 Å². The summed E-state index contributed by atoms with van der Waals surface area (Å²) in [5, 5.41) is 2.54. The van der Waals surface area contributed by atoms with Crippen LogP contribution in [0.4, 0.5) is 23.2 Å². The van der Waals surface area contributed by atoms with Gasteiger partial charge in [-0.15, -0.1) is 0 Å². The molecule has 0 fully saturated rings. The molecule has 0 radical (unpaired) electrons. The number of anilines is 1. The molecule has 2 aromatic heterocycles. The zero-order valence-corrected chi connectivity index (χ0v) is 11.6. The normalized spacial score (nSPS) is 11.2. The Balaban J connectivity index is 1.95. The number of pyridine rings is 1. The molecule has 0 aliphatic heterocycles. The van der Waals surface area contributed by atoms with E-state index in [2.05, 4.69) is 10.3 Å². The smallest absolute Gasteiger partial charge is 0.255 e. The van der Waals surface area contributed by atoms with Gasteiger partial charge < -0.3 is 14.5 Å². The number of rotatable bonds is 5. The molecule has 1 N–H and O–H groups in total. The van der Waals surface area contributed by atoms with Crippen LogP contribution in [0.25, 0.3) is 5.65 Å². The van der Waals surface area contributed by atoms with E-state index >= 15 is 0 Å². The highest BCUT2D eigenvalue weighted by atomic mass is 19.3. The molecule has 0 aliphatic carbocycles. The maximum absolute atomic E-state index is 13.6. The van der Waals surface area contributed by atoms with Gasteiger partial charge in [-0.2, -0.15) is 0 Å². The van der Waals surface area contributed by atoms with Crippen LogP contribution >= 0.6 is 0 Å². The van der Waals surface area contributed by atoms with Gasteiger partial charge in [0, 0.05) is 24.5 Å². The highest BCUT2D eigenvalue weighted by Gasteiger charge is 2.11. The molecule has 8 heteroatoms. The summed E-state index contributed by atoms with van der Waals surface area (Å²) in [5.41, 5.74) is 0.710. The van der Waals surface area contributed by atoms with E-state index in [1.54, 1.807) is 6.20 Å². The Morgan fingerprint density at radius 2 is 2.04 bits per heavy atom. The lowest BCUT2D eigenvalue weighted by Crippen LogP contribution is -2.11. The van der Waals surface area contributed by atoms with E-state index in [4.69, 9.17) is 4.74 Å². The van der Waals surface area contributed by atoms with E-state index in [0.29, 0.717) is 11.3 Å². The van der Waals surface area contributed by atoms with Crippen LogP contribution in [0.3, 0.4) is 0 Å². The average molecular weight is 325 g/mol. The molecular weight excluding hydrogens is 314 g/mol. The number of alkyl halides is 2. The monoisotopic (exact) mass is 325 g/mol. The third-order valence-electron chi connectivity index (χ3n) is 3.03. The van der Waals surface area contributed by atoms with E-state index in [0.717, 1.165) is 18.2 Å². The lowest BCUT2D eigenvalue weighted by Gasteiger charge is -2.12. The van der Waals surface area contributed by atoms with Crippen molar-refractivity contribution in [3.05, 3.63) is 54.5 Å². The number of imidazole rings is 1. The number of benzene rings is 1. The van der Waals surface area contributed by atoms with Gasteiger partial charge >= 0.3 is 0 Å². The summed E-state index contributed by atoms with van der Waals surface area (Å²) in [4.78, 5) is 4.04. The van der Waals surface area contributed by atoms with Crippen LogP contribution in [0.15, 0.2) is 42.9 Å². The van der Waals surface area contributed by atoms with Crippen molar-refractivity contribution in [2.75, 3.05) is 11.9 Å². The molecule has 0 atom stereocenters. The van der Waals surface area contributed by atoms with Gasteiger partial charge in [-0.1, -0.05) is 0 Å². The summed E-state index contributed by atoms with van der Waals surface area (Å²) < 4.78 is 58.4. The number of nitrogens with one attached hydrogen (secondary N) is 1. The molecule has 0 bridgehead atoms. The number of ether oxygens (including phenoxy) is 1. The molecule has 0 saturated heterocycles. The maximum Gasteiger partial charge on any atom is 0.255 e. The summed E-state index contributed by atoms with van der Waals surface area (Å²) in [6.07, 6.45) is 2.00. The zero-order chi connectivity index (χ0) is 16.4. The van der Waals surface area contributed by atoms with Gasteiger partial charge in [0.25, 0.3) is 6.43 Å². The van der Waals surface area contributed by atoms with Crippen molar-refractivity contribution in [1.29, 1.82) is 0 Å². The molecular formula is C15H11F4N3O. The second kappa shape index (κ2) is 6.15. The molecule has 2 heterocycles. The largest absolute Gasteiger partial charge is 0.453 e. The first-order valence-electron chi connectivity index (χ1n) is 6.64. The van der Waals surface area contributed by atoms with Gasteiger partial charge in [0.15, 0.2) is 17.2 Å². The van der Waals surface area contributed by atoms with Crippen LogP contribution in [0.5, 0.6) is 11.5 Å². The minimum absolute atomic E-state index is 0.150. The van der Waals surface area contributed by atoms with Crippen LogP contribution in [0, 0.1) is 11.6 Å². The van der Waals surface area contributed by atoms with Crippen molar-refractivity contribution in [2.24, 2.45) is 0 Å². The van der Waals surface area contributed by atoms with Crippen molar-refractivity contribution in [2.45, 2.75) is 6.43 Å². The van der Waals surface area contributed by atoms with E-state index in [1.807, 2.05) is 0 Å². The number of nitrogens with zero attached hydrogens (tertiary/aromatic N) is 2. The Morgan fingerprint density at radius 1 is 1.22 bits per heavy atom. The molecule has 0 amide bonds. The third-order valence-corrected chi connectivity index (χ3v) is 3.03. The minimum atomic E-state index is -2.55. The molecule has 4 nitrogen and oxygen atoms in total. The Morgan fingerprint density at radius 3 is 2.83 bits per heavy atom. The topological polar surface area (TPSA) is 38.6 Å². The predicted octanol–water partition coefficient (Wildman–Crippen LogP) is 4.08. The van der Waals surface area contributed by atoms with Crippen molar-refractivity contribution in [1.82, 2.24) is 9.38 Å². The zero-order valence-electron chi connectivity index (χ0n) is 11.6. The van der Waals surface area contributed by atoms with Gasteiger partial charge in [0.1, 0.15) is 11.6 Å². The Bertz CT molecular complexity index is 835. The summed E-state index contributed by atoms with van der Waals surface area (Å²) in [6.45, 7) is -0.569. The second-order valence-electron chi connectivity index (χ2n) is 4.70. The number of hydrogen-bond donors (Lipinski definition) is 1. The molecule has 120 valence electrons. The van der Waals surface area contributed by atoms with Gasteiger partial charge in [0.2, 0.25) is 0 Å². The fraction of sp³-hybridized carbons (Fsp3) is 0.133. The SMILES string of the molecule is Fc1ccc(F)c(Oc2cc(NCC(F)F)c3nccn3c2)c1. The van der Waals surface area contributed by atoms with Gasteiger partial charge in [-0.3, -0.25) is 0 Å². The molecule has 23 heavy (non-hydrogen) atoms. The Hall–Kier alpha value is -2.77. The van der Waals surface area contributed by atoms with Gasteiger partial charge in [-0.05, 0) is 12.1 Å². The average Bonchev–Trinajstić information content (AvgIpc) is 2.97. The molecule has 0 unspecified atom stereocenters. The second-order valence-corrected chi connectivity index (χ2v) is 4.70. The number of hydrogen-bond acceptors (Lipinski definition) is 3. The molecule has 0 aliphatic rings. The Labute approximate surface area is 128 Å². The first-order chi connectivity index (χ1) is 11.0. The van der Waals surface area contributed by atoms with Crippen LogP contribution in [0.2, 0.25) is 0 Å². The molecule has 0 saturated carbocycles. The van der Waals surface area contributed by atoms with Crippen LogP contribution in [-0.4, -0.2) is 22.4 Å². The number of aromatic nitrogens is 2. The molecule has 3 rings (SSSR count). The van der Waals surface area contributed by atoms with E-state index in [9.17, 15) is 17.6 Å². The third kappa shape index (κ3) is 3.36. The fourth-order valence-corrected chi connectivity index (χ4v) is 2.06. The number of halogens is 4. The van der Waals surface area contributed by atoms with Crippen LogP contribution < -0.4 is 10.1 Å². The highest BCUT2D eigenvalue weighted by molar-refractivity contribution is 5.69. The molecule has 1 aromatic carbocycles. The molecule has 0 spiro atoms. The Kier molecular flexibility index (Phi) is 4.05. The lowest BCUT2D eigenvalue weighted by atomic mass is 10.3.